The summed E-state index contributed by atoms with van der Waals surface area (Å²) in [6.07, 6.45) is 1.17. The van der Waals surface area contributed by atoms with E-state index in [1.54, 1.807) is 12.1 Å². The largest absolute Gasteiger partial charge is 0.372 e. The Hall–Kier alpha value is -2.69. The second-order valence-corrected chi connectivity index (χ2v) is 8.51. The van der Waals surface area contributed by atoms with E-state index < -0.39 is 0 Å². The monoisotopic (exact) mass is 416 g/mol. The third-order valence-corrected chi connectivity index (χ3v) is 6.66. The van der Waals surface area contributed by atoms with Crippen molar-refractivity contribution < 1.29 is 9.13 Å². The van der Waals surface area contributed by atoms with Gasteiger partial charge in [0.2, 0.25) is 0 Å². The Labute approximate surface area is 184 Å². The molecule has 2 unspecified atom stereocenters. The molecule has 0 spiro atoms. The van der Waals surface area contributed by atoms with E-state index in [2.05, 4.69) is 64.4 Å². The van der Waals surface area contributed by atoms with Crippen LogP contribution in [-0.2, 0) is 4.74 Å². The lowest BCUT2D eigenvalue weighted by Gasteiger charge is -2.37. The highest BCUT2D eigenvalue weighted by molar-refractivity contribution is 5.46. The van der Waals surface area contributed by atoms with E-state index in [0.29, 0.717) is 5.92 Å². The minimum absolute atomic E-state index is 0.159. The highest BCUT2D eigenvalue weighted by Gasteiger charge is 2.29. The number of benzene rings is 3. The van der Waals surface area contributed by atoms with Gasteiger partial charge in [-0.15, -0.1) is 0 Å². The van der Waals surface area contributed by atoms with E-state index in [1.807, 2.05) is 12.1 Å². The quantitative estimate of drug-likeness (QED) is 0.566. The minimum Gasteiger partial charge on any atom is -0.372 e. The van der Waals surface area contributed by atoms with Gasteiger partial charge in [-0.25, -0.2) is 4.39 Å². The van der Waals surface area contributed by atoms with Crippen LogP contribution in [0.4, 0.5) is 10.1 Å². The number of nitrogens with zero attached hydrogens (tertiary/aromatic N) is 2. The van der Waals surface area contributed by atoms with Crippen molar-refractivity contribution in [2.24, 2.45) is 0 Å². The summed E-state index contributed by atoms with van der Waals surface area (Å²) in [5, 5.41) is 0. The van der Waals surface area contributed by atoms with Gasteiger partial charge in [0, 0.05) is 44.3 Å². The topological polar surface area (TPSA) is 15.7 Å². The van der Waals surface area contributed by atoms with Crippen LogP contribution in [0.25, 0.3) is 0 Å². The molecule has 0 N–H and O–H groups in total. The zero-order valence-electron chi connectivity index (χ0n) is 17.8. The summed E-state index contributed by atoms with van der Waals surface area (Å²) in [6, 6.07) is 26.3. The molecule has 31 heavy (non-hydrogen) atoms. The molecule has 2 heterocycles. The summed E-state index contributed by atoms with van der Waals surface area (Å²) in [5.41, 5.74) is 5.18. The molecule has 0 aromatic heterocycles. The van der Waals surface area contributed by atoms with Crippen molar-refractivity contribution in [1.82, 2.24) is 4.90 Å². The minimum atomic E-state index is -0.176. The van der Waals surface area contributed by atoms with Crippen molar-refractivity contribution in [3.05, 3.63) is 101 Å². The van der Waals surface area contributed by atoms with Crippen LogP contribution < -0.4 is 4.90 Å². The Kier molecular flexibility index (Phi) is 6.01. The van der Waals surface area contributed by atoms with E-state index >= 15 is 0 Å². The van der Waals surface area contributed by atoms with E-state index in [9.17, 15) is 4.39 Å². The lowest BCUT2D eigenvalue weighted by molar-refractivity contribution is 0.0212. The van der Waals surface area contributed by atoms with Crippen LogP contribution in [0.15, 0.2) is 78.9 Å². The molecule has 3 aromatic carbocycles. The molecule has 0 saturated carbocycles. The van der Waals surface area contributed by atoms with Crippen LogP contribution in [0, 0.1) is 5.82 Å². The standard InChI is InChI=1S/C27H29FN2O/c28-22-10-12-23(13-11-22)30-18-16-29(17-19-30)15-14-27-25-9-5-4-8-24(25)26(20-31-27)21-6-2-1-3-7-21/h1-13,26-27H,14-20H2. The first-order valence-corrected chi connectivity index (χ1v) is 11.3. The fourth-order valence-corrected chi connectivity index (χ4v) is 4.89. The number of fused-ring (bicyclic) bond motifs is 1. The average Bonchev–Trinajstić information content (AvgIpc) is 2.84. The van der Waals surface area contributed by atoms with E-state index in [4.69, 9.17) is 4.74 Å². The normalized spacial score (nSPS) is 21.6. The first-order valence-electron chi connectivity index (χ1n) is 11.3. The number of halogens is 1. The first kappa shape index (κ1) is 20.2. The molecule has 160 valence electrons. The van der Waals surface area contributed by atoms with Crippen LogP contribution >= 0.6 is 0 Å². The third kappa shape index (κ3) is 4.51. The smallest absolute Gasteiger partial charge is 0.123 e. The van der Waals surface area contributed by atoms with Gasteiger partial charge in [0.15, 0.2) is 0 Å². The van der Waals surface area contributed by atoms with Gasteiger partial charge >= 0.3 is 0 Å². The van der Waals surface area contributed by atoms with Crippen molar-refractivity contribution in [2.75, 3.05) is 44.2 Å². The maximum atomic E-state index is 13.2. The highest BCUT2D eigenvalue weighted by atomic mass is 19.1. The van der Waals surface area contributed by atoms with Crippen LogP contribution in [-0.4, -0.2) is 44.2 Å². The lowest BCUT2D eigenvalue weighted by atomic mass is 9.84. The van der Waals surface area contributed by atoms with E-state index in [-0.39, 0.29) is 11.9 Å². The van der Waals surface area contributed by atoms with Gasteiger partial charge in [-0.05, 0) is 47.4 Å². The zero-order valence-corrected chi connectivity index (χ0v) is 17.8. The molecule has 1 fully saturated rings. The van der Waals surface area contributed by atoms with Gasteiger partial charge in [-0.3, -0.25) is 4.90 Å². The number of rotatable bonds is 5. The van der Waals surface area contributed by atoms with Gasteiger partial charge in [0.05, 0.1) is 12.7 Å². The lowest BCUT2D eigenvalue weighted by Crippen LogP contribution is -2.47. The van der Waals surface area contributed by atoms with Crippen molar-refractivity contribution in [3.63, 3.8) is 0 Å². The molecular formula is C27H29FN2O. The molecule has 0 amide bonds. The molecule has 3 aromatic rings. The Morgan fingerprint density at radius 3 is 2.19 bits per heavy atom. The van der Waals surface area contributed by atoms with Crippen LogP contribution in [0.3, 0.4) is 0 Å². The number of ether oxygens (including phenoxy) is 1. The van der Waals surface area contributed by atoms with E-state index in [0.717, 1.165) is 51.4 Å². The fourth-order valence-electron chi connectivity index (χ4n) is 4.89. The molecule has 3 nitrogen and oxygen atoms in total. The molecule has 0 bridgehead atoms. The van der Waals surface area contributed by atoms with Crippen molar-refractivity contribution >= 4 is 5.69 Å². The van der Waals surface area contributed by atoms with Gasteiger partial charge in [-0.1, -0.05) is 54.6 Å². The van der Waals surface area contributed by atoms with Crippen LogP contribution in [0.2, 0.25) is 0 Å². The van der Waals surface area contributed by atoms with Crippen molar-refractivity contribution in [2.45, 2.75) is 18.4 Å². The molecule has 2 atom stereocenters. The van der Waals surface area contributed by atoms with Gasteiger partial charge in [-0.2, -0.15) is 0 Å². The van der Waals surface area contributed by atoms with Gasteiger partial charge in [0.1, 0.15) is 5.82 Å². The summed E-state index contributed by atoms with van der Waals surface area (Å²) in [4.78, 5) is 4.86. The third-order valence-electron chi connectivity index (χ3n) is 6.66. The second-order valence-electron chi connectivity index (χ2n) is 8.51. The summed E-state index contributed by atoms with van der Waals surface area (Å²) in [5.74, 6) is 0.137. The maximum absolute atomic E-state index is 13.2. The fraction of sp³-hybridized carbons (Fsp3) is 0.333. The SMILES string of the molecule is Fc1ccc(N2CCN(CCC3OCC(c4ccccc4)c4ccccc43)CC2)cc1. The number of anilines is 1. The number of piperazine rings is 1. The highest BCUT2D eigenvalue weighted by Crippen LogP contribution is 2.39. The molecular weight excluding hydrogens is 387 g/mol. The second kappa shape index (κ2) is 9.21. The number of hydrogen-bond donors (Lipinski definition) is 0. The molecule has 5 rings (SSSR count). The molecule has 0 radical (unpaired) electrons. The molecule has 0 aliphatic carbocycles. The van der Waals surface area contributed by atoms with Crippen molar-refractivity contribution in [3.8, 4) is 0 Å². The molecule has 2 aliphatic rings. The Morgan fingerprint density at radius 1 is 0.774 bits per heavy atom. The predicted octanol–water partition coefficient (Wildman–Crippen LogP) is 5.24. The Morgan fingerprint density at radius 2 is 1.45 bits per heavy atom. The summed E-state index contributed by atoms with van der Waals surface area (Å²) in [7, 11) is 0. The average molecular weight is 417 g/mol. The van der Waals surface area contributed by atoms with Crippen molar-refractivity contribution in [1.29, 1.82) is 0 Å². The van der Waals surface area contributed by atoms with Crippen LogP contribution in [0.5, 0.6) is 0 Å². The molecule has 2 aliphatic heterocycles. The van der Waals surface area contributed by atoms with Crippen LogP contribution in [0.1, 0.15) is 35.1 Å². The maximum Gasteiger partial charge on any atom is 0.123 e. The number of hydrogen-bond acceptors (Lipinski definition) is 3. The van der Waals surface area contributed by atoms with Gasteiger partial charge < -0.3 is 9.64 Å². The Bertz CT molecular complexity index is 984. The Balaban J connectivity index is 1.20. The predicted molar refractivity (Wildman–Crippen MR) is 123 cm³/mol. The molecule has 4 heteroatoms. The van der Waals surface area contributed by atoms with E-state index in [1.165, 1.54) is 16.7 Å². The summed E-state index contributed by atoms with van der Waals surface area (Å²) >= 11 is 0. The summed E-state index contributed by atoms with van der Waals surface area (Å²) in [6.45, 7) is 5.78. The van der Waals surface area contributed by atoms with Gasteiger partial charge in [0.25, 0.3) is 0 Å². The first-order chi connectivity index (χ1) is 15.3. The molecule has 1 saturated heterocycles. The zero-order chi connectivity index (χ0) is 21.0. The summed E-state index contributed by atoms with van der Waals surface area (Å²) < 4.78 is 19.6.